The minimum Gasteiger partial charge on any atom is -0.748 e. The van der Waals surface area contributed by atoms with Gasteiger partial charge in [0.05, 0.1) is 16.2 Å². The molecule has 2 atom stereocenters. The first kappa shape index (κ1) is 31.1. The van der Waals surface area contributed by atoms with E-state index in [2.05, 4.69) is 13.8 Å². The van der Waals surface area contributed by atoms with Crippen molar-refractivity contribution < 1.29 is 47.6 Å². The molecular formula is C22H45NaO4S. The maximum atomic E-state index is 11.4. The Hall–Kier alpha value is 0.870. The van der Waals surface area contributed by atoms with E-state index in [9.17, 15) is 18.1 Å². The molecule has 4 nitrogen and oxygen atoms in total. The summed E-state index contributed by atoms with van der Waals surface area (Å²) in [6, 6.07) is 0. The smallest absolute Gasteiger partial charge is 0.748 e. The van der Waals surface area contributed by atoms with E-state index in [0.717, 1.165) is 77.0 Å². The van der Waals surface area contributed by atoms with E-state index in [1.807, 2.05) is 0 Å². The third kappa shape index (κ3) is 20.2. The average molecular weight is 429 g/mol. The van der Waals surface area contributed by atoms with Crippen LogP contribution in [-0.2, 0) is 10.1 Å². The fourth-order valence-electron chi connectivity index (χ4n) is 3.64. The third-order valence-electron chi connectivity index (χ3n) is 5.49. The molecule has 0 aromatic rings. The maximum absolute atomic E-state index is 11.4. The molecule has 0 spiro atoms. The predicted molar refractivity (Wildman–Crippen MR) is 114 cm³/mol. The van der Waals surface area contributed by atoms with Crippen LogP contribution in [0.15, 0.2) is 0 Å². The number of hydrogen-bond donors (Lipinski definition) is 1. The van der Waals surface area contributed by atoms with Gasteiger partial charge in [-0.3, -0.25) is 0 Å². The molecule has 164 valence electrons. The van der Waals surface area contributed by atoms with E-state index in [1.54, 1.807) is 0 Å². The van der Waals surface area contributed by atoms with E-state index in [0.29, 0.717) is 12.8 Å². The van der Waals surface area contributed by atoms with Gasteiger partial charge in [-0.1, -0.05) is 104 Å². The van der Waals surface area contributed by atoms with Crippen LogP contribution in [0.4, 0.5) is 0 Å². The Kier molecular flexibility index (Phi) is 23.4. The van der Waals surface area contributed by atoms with Crippen molar-refractivity contribution in [1.82, 2.24) is 0 Å². The summed E-state index contributed by atoms with van der Waals surface area (Å²) >= 11 is 0. The summed E-state index contributed by atoms with van der Waals surface area (Å²) < 4.78 is 34.3. The topological polar surface area (TPSA) is 77.4 Å². The summed E-state index contributed by atoms with van der Waals surface area (Å²) in [7, 11) is -4.16. The van der Waals surface area contributed by atoms with Gasteiger partial charge >= 0.3 is 29.6 Å². The molecule has 0 radical (unpaired) electrons. The van der Waals surface area contributed by atoms with E-state index in [1.165, 1.54) is 25.7 Å². The zero-order valence-corrected chi connectivity index (χ0v) is 21.8. The zero-order chi connectivity index (χ0) is 20.4. The first-order valence-electron chi connectivity index (χ1n) is 11.5. The largest absolute Gasteiger partial charge is 1.00 e. The minimum absolute atomic E-state index is 0. The molecule has 2 unspecified atom stereocenters. The summed E-state index contributed by atoms with van der Waals surface area (Å²) in [5.74, 6) is 0. The molecule has 0 aliphatic rings. The van der Waals surface area contributed by atoms with E-state index < -0.39 is 15.4 Å². The molecule has 1 N–H and O–H groups in total. The van der Waals surface area contributed by atoms with Gasteiger partial charge in [0.1, 0.15) is 0 Å². The molecule has 6 heteroatoms. The molecule has 0 heterocycles. The van der Waals surface area contributed by atoms with Gasteiger partial charge in [-0.25, -0.2) is 8.42 Å². The second kappa shape index (κ2) is 21.1. The van der Waals surface area contributed by atoms with Crippen LogP contribution in [-0.4, -0.2) is 29.4 Å². The van der Waals surface area contributed by atoms with Crippen molar-refractivity contribution in [3.63, 3.8) is 0 Å². The number of hydrogen-bond acceptors (Lipinski definition) is 4. The van der Waals surface area contributed by atoms with Crippen molar-refractivity contribution >= 4 is 10.1 Å². The summed E-state index contributed by atoms with van der Waals surface area (Å²) in [6.07, 6.45) is 17.9. The van der Waals surface area contributed by atoms with Crippen LogP contribution in [0.5, 0.6) is 0 Å². The Morgan fingerprint density at radius 1 is 0.643 bits per heavy atom. The van der Waals surface area contributed by atoms with Gasteiger partial charge in [0, 0.05) is 5.25 Å². The van der Waals surface area contributed by atoms with Crippen LogP contribution in [0, 0.1) is 0 Å². The van der Waals surface area contributed by atoms with Gasteiger partial charge in [-0.05, 0) is 25.7 Å². The number of unbranched alkanes of at least 4 members (excludes halogenated alkanes) is 11. The number of aliphatic hydroxyl groups excluding tert-OH is 1. The molecule has 0 aliphatic heterocycles. The Labute approximate surface area is 197 Å². The second-order valence-corrected chi connectivity index (χ2v) is 9.82. The quantitative estimate of drug-likeness (QED) is 0.183. The Balaban J connectivity index is 0. The third-order valence-corrected chi connectivity index (χ3v) is 6.78. The van der Waals surface area contributed by atoms with Crippen molar-refractivity contribution in [2.24, 2.45) is 0 Å². The molecule has 0 saturated heterocycles. The van der Waals surface area contributed by atoms with Gasteiger partial charge in [0.25, 0.3) is 0 Å². The zero-order valence-electron chi connectivity index (χ0n) is 19.0. The van der Waals surface area contributed by atoms with Crippen LogP contribution in [0.1, 0.15) is 129 Å². The minimum atomic E-state index is -4.16. The van der Waals surface area contributed by atoms with Crippen LogP contribution in [0.2, 0.25) is 0 Å². The fraction of sp³-hybridized carbons (Fsp3) is 1.00. The predicted octanol–water partition coefficient (Wildman–Crippen LogP) is 3.33. The molecular weight excluding hydrogens is 383 g/mol. The molecule has 0 saturated carbocycles. The van der Waals surface area contributed by atoms with Crippen LogP contribution in [0.25, 0.3) is 0 Å². The summed E-state index contributed by atoms with van der Waals surface area (Å²) in [4.78, 5) is 0. The van der Waals surface area contributed by atoms with Gasteiger partial charge in [-0.15, -0.1) is 0 Å². The molecule has 0 bridgehead atoms. The average Bonchev–Trinajstić information content (AvgIpc) is 2.61. The Morgan fingerprint density at radius 3 is 1.39 bits per heavy atom. The molecule has 0 aromatic heterocycles. The summed E-state index contributed by atoms with van der Waals surface area (Å²) in [6.45, 7) is 4.33. The fourth-order valence-corrected chi connectivity index (χ4v) is 4.55. The van der Waals surface area contributed by atoms with Crippen molar-refractivity contribution in [2.45, 2.75) is 141 Å². The van der Waals surface area contributed by atoms with E-state index in [4.69, 9.17) is 0 Å². The first-order chi connectivity index (χ1) is 12.9. The Morgan fingerprint density at radius 2 is 0.964 bits per heavy atom. The monoisotopic (exact) mass is 428 g/mol. The van der Waals surface area contributed by atoms with Crippen molar-refractivity contribution in [1.29, 1.82) is 0 Å². The van der Waals surface area contributed by atoms with Gasteiger partial charge in [0.15, 0.2) is 0 Å². The number of aliphatic hydroxyl groups is 1. The summed E-state index contributed by atoms with van der Waals surface area (Å²) in [5.41, 5.74) is 0. The van der Waals surface area contributed by atoms with Crippen molar-refractivity contribution in [2.75, 3.05) is 0 Å². The normalized spacial score (nSPS) is 13.9. The number of rotatable bonds is 20. The summed E-state index contributed by atoms with van der Waals surface area (Å²) in [5, 5.41) is 9.20. The van der Waals surface area contributed by atoms with E-state index >= 15 is 0 Å². The second-order valence-electron chi connectivity index (χ2n) is 8.17. The molecule has 28 heavy (non-hydrogen) atoms. The Bertz CT molecular complexity index is 415. The van der Waals surface area contributed by atoms with E-state index in [-0.39, 0.29) is 35.7 Å². The van der Waals surface area contributed by atoms with Crippen molar-refractivity contribution in [3.05, 3.63) is 0 Å². The molecule has 0 fully saturated rings. The van der Waals surface area contributed by atoms with Gasteiger partial charge < -0.3 is 9.66 Å². The van der Waals surface area contributed by atoms with Crippen LogP contribution >= 0.6 is 0 Å². The maximum Gasteiger partial charge on any atom is 1.00 e. The van der Waals surface area contributed by atoms with Gasteiger partial charge in [0.2, 0.25) is 0 Å². The van der Waals surface area contributed by atoms with Crippen molar-refractivity contribution in [3.8, 4) is 0 Å². The SMILES string of the molecule is CCCCCCCC(CCCCCCCCC(O)CCCCC)S(=O)(=O)[O-].[Na+]. The molecule has 0 amide bonds. The molecule has 0 aromatic carbocycles. The van der Waals surface area contributed by atoms with Crippen LogP contribution < -0.4 is 29.6 Å². The molecule has 0 rings (SSSR count). The molecule has 0 aliphatic carbocycles. The standard InChI is InChI=1S/C22H46O4S.Na/c1-3-5-7-10-15-19-22(27(24,25)26)20-16-12-9-8-11-14-18-21(23)17-13-6-4-2;/h21-23H,3-20H2,1-2H3,(H,24,25,26);/q;+1/p-1. The van der Waals surface area contributed by atoms with Gasteiger partial charge in [-0.2, -0.15) is 0 Å². The first-order valence-corrected chi connectivity index (χ1v) is 13.0. The van der Waals surface area contributed by atoms with Crippen LogP contribution in [0.3, 0.4) is 0 Å².